The fourth-order valence-corrected chi connectivity index (χ4v) is 3.83. The minimum Gasteiger partial charge on any atom is -0.394 e. The zero-order chi connectivity index (χ0) is 19.4. The Morgan fingerprint density at radius 3 is 2.37 bits per heavy atom. The number of rotatable bonds is 7. The number of aliphatic hydroxyl groups is 2. The minimum atomic E-state index is -4.14. The smallest absolute Gasteiger partial charge is 0.297 e. The fourth-order valence-electron chi connectivity index (χ4n) is 2.75. The molecule has 1 aliphatic rings. The molecule has 1 heterocycles. The highest BCUT2D eigenvalue weighted by Crippen LogP contribution is 2.29. The molecule has 0 saturated carbocycles. The van der Waals surface area contributed by atoms with Gasteiger partial charge in [-0.1, -0.05) is 48.0 Å². The van der Waals surface area contributed by atoms with Crippen molar-refractivity contribution >= 4 is 10.1 Å². The maximum Gasteiger partial charge on any atom is 0.297 e. The van der Waals surface area contributed by atoms with E-state index in [0.29, 0.717) is 0 Å². The predicted molar refractivity (Wildman–Crippen MR) is 96.2 cm³/mol. The van der Waals surface area contributed by atoms with Gasteiger partial charge >= 0.3 is 0 Å². The average molecular weight is 394 g/mol. The second-order valence-corrected chi connectivity index (χ2v) is 7.91. The Morgan fingerprint density at radius 1 is 1.07 bits per heavy atom. The van der Waals surface area contributed by atoms with E-state index in [1.165, 1.54) is 12.1 Å². The van der Waals surface area contributed by atoms with Crippen LogP contribution in [-0.2, 0) is 30.4 Å². The van der Waals surface area contributed by atoms with E-state index in [4.69, 9.17) is 13.7 Å². The molecule has 0 bridgehead atoms. The van der Waals surface area contributed by atoms with Crippen LogP contribution in [0.1, 0.15) is 11.1 Å². The van der Waals surface area contributed by atoms with E-state index in [0.717, 1.165) is 11.1 Å². The summed E-state index contributed by atoms with van der Waals surface area (Å²) in [5.74, 6) is 0. The van der Waals surface area contributed by atoms with Crippen molar-refractivity contribution in [2.45, 2.75) is 43.0 Å². The summed E-state index contributed by atoms with van der Waals surface area (Å²) >= 11 is 0. The monoisotopic (exact) mass is 394 g/mol. The van der Waals surface area contributed by atoms with Crippen molar-refractivity contribution in [3.8, 4) is 0 Å². The van der Waals surface area contributed by atoms with Crippen LogP contribution in [0, 0.1) is 6.92 Å². The molecule has 0 unspecified atom stereocenters. The molecular weight excluding hydrogens is 372 g/mol. The van der Waals surface area contributed by atoms with Crippen LogP contribution < -0.4 is 0 Å². The first kappa shape index (κ1) is 19.9. The van der Waals surface area contributed by atoms with Gasteiger partial charge in [-0.15, -0.1) is 0 Å². The first-order chi connectivity index (χ1) is 12.9. The Balaban J connectivity index is 1.75. The molecule has 0 aliphatic carbocycles. The van der Waals surface area contributed by atoms with Crippen molar-refractivity contribution in [1.82, 2.24) is 0 Å². The largest absolute Gasteiger partial charge is 0.394 e. The summed E-state index contributed by atoms with van der Waals surface area (Å²) in [6.45, 7) is 1.49. The lowest BCUT2D eigenvalue weighted by molar-refractivity contribution is -0.170. The molecule has 8 heteroatoms. The lowest BCUT2D eigenvalue weighted by Crippen LogP contribution is -2.38. The van der Waals surface area contributed by atoms with Crippen LogP contribution >= 0.6 is 0 Å². The second kappa shape index (κ2) is 8.47. The van der Waals surface area contributed by atoms with E-state index in [1.807, 2.05) is 37.3 Å². The van der Waals surface area contributed by atoms with Crippen LogP contribution in [0.15, 0.2) is 59.5 Å². The maximum atomic E-state index is 12.6. The number of hydrogen-bond donors (Lipinski definition) is 2. The maximum absolute atomic E-state index is 12.6. The molecule has 0 spiro atoms. The second-order valence-electron chi connectivity index (χ2n) is 6.34. The first-order valence-electron chi connectivity index (χ1n) is 8.50. The summed E-state index contributed by atoms with van der Waals surface area (Å²) in [4.78, 5) is -0.0328. The third kappa shape index (κ3) is 4.73. The summed E-state index contributed by atoms with van der Waals surface area (Å²) < 4.78 is 41.4. The number of benzene rings is 2. The molecule has 7 nitrogen and oxygen atoms in total. The standard InChI is InChI=1S/C19H22O7S/c1-13-7-9-15(10-8-13)27(22,23)26-18-17(21)16(11-20)25-19(18)24-12-14-5-3-2-4-6-14/h2-10,16-21H,11-12H2,1H3/t16-,17-,18-,19-/m0/s1. The Morgan fingerprint density at radius 2 is 1.74 bits per heavy atom. The number of aryl methyl sites for hydroxylation is 1. The topological polar surface area (TPSA) is 102 Å². The van der Waals surface area contributed by atoms with Gasteiger partial charge in [0.25, 0.3) is 10.1 Å². The minimum absolute atomic E-state index is 0.0328. The van der Waals surface area contributed by atoms with Gasteiger partial charge in [-0.25, -0.2) is 0 Å². The molecule has 0 radical (unpaired) electrons. The van der Waals surface area contributed by atoms with E-state index < -0.39 is 41.3 Å². The molecular formula is C19H22O7S. The molecule has 4 atom stereocenters. The van der Waals surface area contributed by atoms with Crippen LogP contribution in [0.4, 0.5) is 0 Å². The summed E-state index contributed by atoms with van der Waals surface area (Å²) in [5.41, 5.74) is 1.76. The Labute approximate surface area is 158 Å². The van der Waals surface area contributed by atoms with E-state index >= 15 is 0 Å². The van der Waals surface area contributed by atoms with Gasteiger partial charge in [-0.2, -0.15) is 8.42 Å². The summed E-state index contributed by atoms with van der Waals surface area (Å²) in [6, 6.07) is 15.4. The Bertz CT molecular complexity index is 836. The first-order valence-corrected chi connectivity index (χ1v) is 9.91. The molecule has 146 valence electrons. The average Bonchev–Trinajstić information content (AvgIpc) is 2.96. The van der Waals surface area contributed by atoms with Crippen molar-refractivity contribution in [3.05, 3.63) is 65.7 Å². The van der Waals surface area contributed by atoms with Gasteiger partial charge in [0.15, 0.2) is 12.4 Å². The molecule has 2 aromatic rings. The van der Waals surface area contributed by atoms with Crippen molar-refractivity contribution in [1.29, 1.82) is 0 Å². The summed E-state index contributed by atoms with van der Waals surface area (Å²) in [7, 11) is -4.14. The van der Waals surface area contributed by atoms with Crippen LogP contribution in [0.2, 0.25) is 0 Å². The highest BCUT2D eigenvalue weighted by atomic mass is 32.2. The van der Waals surface area contributed by atoms with E-state index in [2.05, 4.69) is 0 Å². The van der Waals surface area contributed by atoms with Gasteiger partial charge in [-0.3, -0.25) is 4.18 Å². The van der Waals surface area contributed by atoms with Crippen molar-refractivity contribution in [2.24, 2.45) is 0 Å². The van der Waals surface area contributed by atoms with Crippen LogP contribution in [0.3, 0.4) is 0 Å². The molecule has 2 N–H and O–H groups in total. The van der Waals surface area contributed by atoms with Crippen molar-refractivity contribution in [2.75, 3.05) is 6.61 Å². The van der Waals surface area contributed by atoms with Crippen LogP contribution in [0.5, 0.6) is 0 Å². The van der Waals surface area contributed by atoms with E-state index in [-0.39, 0.29) is 11.5 Å². The predicted octanol–water partition coefficient (Wildman–Crippen LogP) is 1.36. The number of ether oxygens (including phenoxy) is 2. The van der Waals surface area contributed by atoms with Gasteiger partial charge in [0, 0.05) is 0 Å². The zero-order valence-electron chi connectivity index (χ0n) is 14.8. The number of aliphatic hydroxyl groups excluding tert-OH is 2. The highest BCUT2D eigenvalue weighted by Gasteiger charge is 2.47. The molecule has 0 amide bonds. The van der Waals surface area contributed by atoms with Crippen molar-refractivity contribution in [3.63, 3.8) is 0 Å². The van der Waals surface area contributed by atoms with Crippen LogP contribution in [-0.4, -0.2) is 49.8 Å². The summed E-state index contributed by atoms with van der Waals surface area (Å²) in [6.07, 6.45) is -4.78. The van der Waals surface area contributed by atoms with E-state index in [1.54, 1.807) is 12.1 Å². The van der Waals surface area contributed by atoms with Gasteiger partial charge in [0.05, 0.1) is 18.1 Å². The summed E-state index contributed by atoms with van der Waals surface area (Å²) in [5, 5.41) is 19.7. The lowest BCUT2D eigenvalue weighted by atomic mass is 10.1. The molecule has 1 saturated heterocycles. The van der Waals surface area contributed by atoms with E-state index in [9.17, 15) is 18.6 Å². The molecule has 0 aromatic heterocycles. The lowest BCUT2D eigenvalue weighted by Gasteiger charge is -2.20. The van der Waals surface area contributed by atoms with Crippen LogP contribution in [0.25, 0.3) is 0 Å². The third-order valence-electron chi connectivity index (χ3n) is 4.28. The third-order valence-corrected chi connectivity index (χ3v) is 5.60. The van der Waals surface area contributed by atoms with Gasteiger partial charge < -0.3 is 19.7 Å². The normalized spacial score (nSPS) is 25.6. The Hall–Kier alpha value is -1.81. The molecule has 1 fully saturated rings. The van der Waals surface area contributed by atoms with Gasteiger partial charge in [0.1, 0.15) is 12.2 Å². The molecule has 27 heavy (non-hydrogen) atoms. The molecule has 1 aliphatic heterocycles. The number of hydrogen-bond acceptors (Lipinski definition) is 7. The zero-order valence-corrected chi connectivity index (χ0v) is 15.6. The Kier molecular flexibility index (Phi) is 6.25. The van der Waals surface area contributed by atoms with Gasteiger partial charge in [0.2, 0.25) is 0 Å². The fraction of sp³-hybridized carbons (Fsp3) is 0.368. The van der Waals surface area contributed by atoms with Crippen molar-refractivity contribution < 1.29 is 32.3 Å². The molecule has 2 aromatic carbocycles. The quantitative estimate of drug-likeness (QED) is 0.684. The molecule has 3 rings (SSSR count). The SMILES string of the molecule is Cc1ccc(S(=O)(=O)O[C@@H]2[C@@H](OCc3ccccc3)O[C@@H](CO)[C@@H]2O)cc1. The highest BCUT2D eigenvalue weighted by molar-refractivity contribution is 7.86. The van der Waals surface area contributed by atoms with Gasteiger partial charge in [-0.05, 0) is 24.6 Å².